The lowest BCUT2D eigenvalue weighted by molar-refractivity contribution is -0.169. The highest BCUT2D eigenvalue weighted by Crippen LogP contribution is 2.31. The highest BCUT2D eigenvalue weighted by Gasteiger charge is 2.43. The predicted molar refractivity (Wildman–Crippen MR) is 60.0 cm³/mol. The zero-order chi connectivity index (χ0) is 12.0. The summed E-state index contributed by atoms with van der Waals surface area (Å²) in [4.78, 5) is 11.7. The second-order valence-corrected chi connectivity index (χ2v) is 4.48. The third kappa shape index (κ3) is 3.19. The lowest BCUT2D eigenvalue weighted by Crippen LogP contribution is -2.49. The van der Waals surface area contributed by atoms with Crippen molar-refractivity contribution in [3.8, 4) is 0 Å². The van der Waals surface area contributed by atoms with E-state index < -0.39 is 11.5 Å². The molecule has 4 heteroatoms. The average molecular weight is 230 g/mol. The quantitative estimate of drug-likeness (QED) is 0.727. The van der Waals surface area contributed by atoms with E-state index in [1.807, 2.05) is 0 Å². The van der Waals surface area contributed by atoms with Crippen LogP contribution in [-0.2, 0) is 14.3 Å². The molecule has 0 saturated carbocycles. The van der Waals surface area contributed by atoms with Gasteiger partial charge in [-0.15, -0.1) is 0 Å². The van der Waals surface area contributed by atoms with E-state index in [0.29, 0.717) is 19.4 Å². The summed E-state index contributed by atoms with van der Waals surface area (Å²) in [6.07, 6.45) is 4.02. The molecule has 16 heavy (non-hydrogen) atoms. The number of rotatable bonds is 5. The third-order valence-corrected chi connectivity index (χ3v) is 3.23. The van der Waals surface area contributed by atoms with Crippen LogP contribution in [0.15, 0.2) is 0 Å². The Morgan fingerprint density at radius 1 is 1.62 bits per heavy atom. The first-order valence-corrected chi connectivity index (χ1v) is 6.02. The smallest absolute Gasteiger partial charge is 0.311 e. The Morgan fingerprint density at radius 2 is 2.38 bits per heavy atom. The monoisotopic (exact) mass is 230 g/mol. The van der Waals surface area contributed by atoms with Crippen molar-refractivity contribution in [3.63, 3.8) is 0 Å². The molecule has 4 nitrogen and oxygen atoms in total. The van der Waals surface area contributed by atoms with Gasteiger partial charge in [-0.25, -0.2) is 0 Å². The number of carbonyl (C=O) groups is 1. The molecule has 0 aromatic rings. The number of hydrogen-bond acceptors (Lipinski definition) is 4. The molecule has 1 N–H and O–H groups in total. The van der Waals surface area contributed by atoms with Crippen LogP contribution >= 0.6 is 0 Å². The van der Waals surface area contributed by atoms with Crippen LogP contribution in [-0.4, -0.2) is 37.0 Å². The van der Waals surface area contributed by atoms with Crippen molar-refractivity contribution >= 4 is 5.97 Å². The Bertz CT molecular complexity index is 221. The first kappa shape index (κ1) is 13.5. The van der Waals surface area contributed by atoms with Crippen LogP contribution in [0.1, 0.15) is 39.0 Å². The molecule has 1 aliphatic rings. The molecule has 0 bridgehead atoms. The molecule has 0 radical (unpaired) electrons. The van der Waals surface area contributed by atoms with Crippen molar-refractivity contribution in [2.45, 2.75) is 44.6 Å². The standard InChI is InChI=1S/C12H22O4/c1-3-4-6-10(11(13)15-2)12(14)7-5-8-16-9-12/h10,14H,3-9H2,1-2H3. The zero-order valence-electron chi connectivity index (χ0n) is 10.2. The molecule has 0 amide bonds. The van der Waals surface area contributed by atoms with Gasteiger partial charge in [0.1, 0.15) is 5.60 Å². The molecular formula is C12H22O4. The molecule has 0 aromatic heterocycles. The second kappa shape index (κ2) is 6.21. The number of carbonyl (C=O) groups excluding carboxylic acids is 1. The van der Waals surface area contributed by atoms with Gasteiger partial charge in [-0.05, 0) is 19.3 Å². The number of esters is 1. The van der Waals surface area contributed by atoms with Crippen molar-refractivity contribution < 1.29 is 19.4 Å². The van der Waals surface area contributed by atoms with E-state index in [4.69, 9.17) is 9.47 Å². The van der Waals surface area contributed by atoms with Gasteiger partial charge in [-0.3, -0.25) is 4.79 Å². The molecule has 1 aliphatic heterocycles. The summed E-state index contributed by atoms with van der Waals surface area (Å²) >= 11 is 0. The number of hydrogen-bond donors (Lipinski definition) is 1. The summed E-state index contributed by atoms with van der Waals surface area (Å²) in [5, 5.41) is 10.4. The summed E-state index contributed by atoms with van der Waals surface area (Å²) in [7, 11) is 1.37. The highest BCUT2D eigenvalue weighted by atomic mass is 16.5. The first-order chi connectivity index (χ1) is 7.64. The first-order valence-electron chi connectivity index (χ1n) is 6.02. The van der Waals surface area contributed by atoms with Gasteiger partial charge in [-0.2, -0.15) is 0 Å². The van der Waals surface area contributed by atoms with Crippen LogP contribution in [0, 0.1) is 5.92 Å². The molecule has 0 aromatic carbocycles. The maximum absolute atomic E-state index is 11.7. The molecule has 0 spiro atoms. The molecule has 2 atom stereocenters. The van der Waals surface area contributed by atoms with Crippen LogP contribution < -0.4 is 0 Å². The normalized spacial score (nSPS) is 27.4. The zero-order valence-corrected chi connectivity index (χ0v) is 10.2. The van der Waals surface area contributed by atoms with E-state index in [-0.39, 0.29) is 12.6 Å². The van der Waals surface area contributed by atoms with Gasteiger partial charge in [0.25, 0.3) is 0 Å². The van der Waals surface area contributed by atoms with Gasteiger partial charge >= 0.3 is 5.97 Å². The minimum absolute atomic E-state index is 0.247. The molecule has 1 heterocycles. The Morgan fingerprint density at radius 3 is 2.88 bits per heavy atom. The van der Waals surface area contributed by atoms with Crippen LogP contribution in [0.2, 0.25) is 0 Å². The Balaban J connectivity index is 2.68. The summed E-state index contributed by atoms with van der Waals surface area (Å²) < 4.78 is 10.1. The lowest BCUT2D eigenvalue weighted by atomic mass is 9.80. The third-order valence-electron chi connectivity index (χ3n) is 3.23. The van der Waals surface area contributed by atoms with Crippen LogP contribution in [0.3, 0.4) is 0 Å². The molecular weight excluding hydrogens is 208 g/mol. The van der Waals surface area contributed by atoms with Crippen molar-refractivity contribution in [2.75, 3.05) is 20.3 Å². The second-order valence-electron chi connectivity index (χ2n) is 4.48. The topological polar surface area (TPSA) is 55.8 Å². The molecule has 1 rings (SSSR count). The van der Waals surface area contributed by atoms with E-state index in [2.05, 4.69) is 6.92 Å². The summed E-state index contributed by atoms with van der Waals surface area (Å²) in [5.74, 6) is -0.765. The number of ether oxygens (including phenoxy) is 2. The van der Waals surface area contributed by atoms with Gasteiger partial charge < -0.3 is 14.6 Å². The lowest BCUT2D eigenvalue weighted by Gasteiger charge is -2.37. The average Bonchev–Trinajstić information content (AvgIpc) is 2.30. The summed E-state index contributed by atoms with van der Waals surface area (Å²) in [6.45, 7) is 2.98. The van der Waals surface area contributed by atoms with Crippen molar-refractivity contribution in [1.29, 1.82) is 0 Å². The molecule has 1 fully saturated rings. The largest absolute Gasteiger partial charge is 0.469 e. The van der Waals surface area contributed by atoms with Crippen LogP contribution in [0.5, 0.6) is 0 Å². The van der Waals surface area contributed by atoms with E-state index in [1.54, 1.807) is 0 Å². The number of methoxy groups -OCH3 is 1. The highest BCUT2D eigenvalue weighted by molar-refractivity contribution is 5.73. The fourth-order valence-electron chi connectivity index (χ4n) is 2.23. The minimum Gasteiger partial charge on any atom is -0.469 e. The van der Waals surface area contributed by atoms with Crippen molar-refractivity contribution in [1.82, 2.24) is 0 Å². The van der Waals surface area contributed by atoms with E-state index in [1.165, 1.54) is 7.11 Å². The number of aliphatic hydroxyl groups is 1. The minimum atomic E-state index is -1.03. The van der Waals surface area contributed by atoms with Crippen LogP contribution in [0.4, 0.5) is 0 Å². The molecule has 94 valence electrons. The Hall–Kier alpha value is -0.610. The Kier molecular flexibility index (Phi) is 5.22. The maximum atomic E-state index is 11.7. The summed E-state index contributed by atoms with van der Waals surface area (Å²) in [5.41, 5.74) is -1.03. The van der Waals surface area contributed by atoms with E-state index >= 15 is 0 Å². The SMILES string of the molecule is CCCCC(C(=O)OC)C1(O)CCCOC1. The predicted octanol–water partition coefficient (Wildman–Crippen LogP) is 1.51. The van der Waals surface area contributed by atoms with E-state index in [9.17, 15) is 9.90 Å². The molecule has 2 unspecified atom stereocenters. The fraction of sp³-hybridized carbons (Fsp3) is 0.917. The van der Waals surface area contributed by atoms with Gasteiger partial charge in [0, 0.05) is 6.61 Å². The van der Waals surface area contributed by atoms with Gasteiger partial charge in [0.05, 0.1) is 19.6 Å². The molecule has 1 saturated heterocycles. The molecule has 0 aliphatic carbocycles. The summed E-state index contributed by atoms with van der Waals surface area (Å²) in [6, 6.07) is 0. The van der Waals surface area contributed by atoms with Crippen molar-refractivity contribution in [3.05, 3.63) is 0 Å². The van der Waals surface area contributed by atoms with Gasteiger partial charge in [0.15, 0.2) is 0 Å². The van der Waals surface area contributed by atoms with Crippen molar-refractivity contribution in [2.24, 2.45) is 5.92 Å². The van der Waals surface area contributed by atoms with E-state index in [0.717, 1.165) is 19.3 Å². The van der Waals surface area contributed by atoms with Crippen LogP contribution in [0.25, 0.3) is 0 Å². The maximum Gasteiger partial charge on any atom is 0.311 e. The number of unbranched alkanes of at least 4 members (excludes halogenated alkanes) is 1. The van der Waals surface area contributed by atoms with Gasteiger partial charge in [0.2, 0.25) is 0 Å². The van der Waals surface area contributed by atoms with Gasteiger partial charge in [-0.1, -0.05) is 19.8 Å². The Labute approximate surface area is 96.9 Å². The fourth-order valence-corrected chi connectivity index (χ4v) is 2.23.